The number of benzene rings is 2. The number of hydrogen-bond donors (Lipinski definition) is 6. The highest BCUT2D eigenvalue weighted by Crippen LogP contribution is 2.37. The molecule has 1 aliphatic rings. The van der Waals surface area contributed by atoms with Gasteiger partial charge in [-0.15, -0.1) is 0 Å². The maximum Gasteiger partial charge on any atom is 0.288 e. The molecular formula is C24H29NO7. The monoisotopic (exact) mass is 443 g/mol. The Bertz CT molecular complexity index is 1080. The lowest BCUT2D eigenvalue weighted by molar-refractivity contribution is -0.385. The van der Waals surface area contributed by atoms with E-state index in [4.69, 9.17) is 9.47 Å². The van der Waals surface area contributed by atoms with Crippen molar-refractivity contribution in [2.45, 2.75) is 57.1 Å². The van der Waals surface area contributed by atoms with Gasteiger partial charge in [-0.25, -0.2) is 0 Å². The van der Waals surface area contributed by atoms with E-state index in [1.54, 1.807) is 6.07 Å². The van der Waals surface area contributed by atoms with E-state index in [0.717, 1.165) is 28.6 Å². The number of rotatable bonds is 6. The van der Waals surface area contributed by atoms with Gasteiger partial charge >= 0.3 is 0 Å². The number of H-pyrrole nitrogens is 1. The number of aromatic nitrogens is 1. The molecule has 0 spiro atoms. The molecule has 1 fully saturated rings. The first kappa shape index (κ1) is 22.7. The molecular weight excluding hydrogens is 414 g/mol. The highest BCUT2D eigenvalue weighted by molar-refractivity contribution is 5.90. The molecule has 8 heteroatoms. The minimum atomic E-state index is -2.64. The molecule has 0 radical (unpaired) electrons. The van der Waals surface area contributed by atoms with Crippen molar-refractivity contribution < 1.29 is 35.0 Å². The number of nitrogens with one attached hydrogen (secondary N) is 1. The molecule has 0 saturated carbocycles. The van der Waals surface area contributed by atoms with Gasteiger partial charge < -0.3 is 40.0 Å². The van der Waals surface area contributed by atoms with E-state index in [-0.39, 0.29) is 5.75 Å². The quantitative estimate of drug-likeness (QED) is 0.314. The van der Waals surface area contributed by atoms with Gasteiger partial charge in [-0.2, -0.15) is 0 Å². The summed E-state index contributed by atoms with van der Waals surface area (Å²) in [6.07, 6.45) is -3.40. The predicted octanol–water partition coefficient (Wildman–Crippen LogP) is 1.13. The maximum absolute atomic E-state index is 11.0. The Morgan fingerprint density at radius 2 is 1.78 bits per heavy atom. The SMILES string of the molecule is CCc1ccc(Cc2c[nH]c3cc(C)cc(O[C@]4(O)[C@H](O)O[C@H](CO)[C@@H](O)[C@@H]4O)c23)cc1. The van der Waals surface area contributed by atoms with Crippen LogP contribution in [0.15, 0.2) is 42.6 Å². The number of hydrogen-bond acceptors (Lipinski definition) is 7. The highest BCUT2D eigenvalue weighted by Gasteiger charge is 2.57. The Morgan fingerprint density at radius 3 is 2.44 bits per heavy atom. The summed E-state index contributed by atoms with van der Waals surface area (Å²) < 4.78 is 10.9. The van der Waals surface area contributed by atoms with Crippen molar-refractivity contribution in [3.63, 3.8) is 0 Å². The fourth-order valence-electron chi connectivity index (χ4n) is 4.14. The van der Waals surface area contributed by atoms with Crippen molar-refractivity contribution >= 4 is 10.9 Å². The van der Waals surface area contributed by atoms with Crippen molar-refractivity contribution in [2.75, 3.05) is 6.61 Å². The zero-order chi connectivity index (χ0) is 23.0. The average molecular weight is 443 g/mol. The molecule has 6 N–H and O–H groups in total. The molecule has 1 aliphatic heterocycles. The van der Waals surface area contributed by atoms with E-state index < -0.39 is 37.0 Å². The first-order valence-electron chi connectivity index (χ1n) is 10.7. The predicted molar refractivity (Wildman–Crippen MR) is 117 cm³/mol. The number of aliphatic hydroxyl groups is 5. The van der Waals surface area contributed by atoms with Gasteiger partial charge in [0.1, 0.15) is 18.0 Å². The van der Waals surface area contributed by atoms with E-state index in [1.165, 1.54) is 5.56 Å². The standard InChI is InChI=1S/C24H29NO7/c1-3-14-4-6-15(7-5-14)10-16-11-25-17-8-13(2)9-18(20(16)17)32-24(30)22(28)21(27)19(12-26)31-23(24)29/h4-9,11,19,21-23,25-30H,3,10,12H2,1-2H3/t19-,21-,22+,23-,24+/m1/s1. The molecule has 1 saturated heterocycles. The lowest BCUT2D eigenvalue weighted by atomic mass is 9.95. The van der Waals surface area contributed by atoms with Crippen LogP contribution in [-0.4, -0.2) is 67.5 Å². The molecule has 0 unspecified atom stereocenters. The summed E-state index contributed by atoms with van der Waals surface area (Å²) in [5.41, 5.74) is 4.83. The third kappa shape index (κ3) is 4.01. The second-order valence-corrected chi connectivity index (χ2v) is 8.35. The van der Waals surface area contributed by atoms with Crippen LogP contribution in [-0.2, 0) is 17.6 Å². The maximum atomic E-state index is 11.0. The van der Waals surface area contributed by atoms with Crippen molar-refractivity contribution in [2.24, 2.45) is 0 Å². The molecule has 3 aromatic rings. The Kier molecular flexibility index (Phi) is 6.26. The molecule has 8 nitrogen and oxygen atoms in total. The van der Waals surface area contributed by atoms with E-state index in [1.807, 2.05) is 19.2 Å². The molecule has 172 valence electrons. The molecule has 2 aromatic carbocycles. The normalized spacial score (nSPS) is 28.2. The van der Waals surface area contributed by atoms with Crippen molar-refractivity contribution in [3.8, 4) is 5.75 Å². The van der Waals surface area contributed by atoms with Gasteiger partial charge in [0, 0.05) is 17.1 Å². The van der Waals surface area contributed by atoms with Crippen LogP contribution in [0.25, 0.3) is 10.9 Å². The fourth-order valence-corrected chi connectivity index (χ4v) is 4.14. The average Bonchev–Trinajstić information content (AvgIpc) is 3.18. The highest BCUT2D eigenvalue weighted by atomic mass is 16.7. The molecule has 1 aromatic heterocycles. The smallest absolute Gasteiger partial charge is 0.288 e. The fraction of sp³-hybridized carbons (Fsp3) is 0.417. The zero-order valence-electron chi connectivity index (χ0n) is 18.0. The van der Waals surface area contributed by atoms with Crippen LogP contribution >= 0.6 is 0 Å². The van der Waals surface area contributed by atoms with Crippen LogP contribution < -0.4 is 4.74 Å². The lowest BCUT2D eigenvalue weighted by Gasteiger charge is -2.45. The molecule has 32 heavy (non-hydrogen) atoms. The van der Waals surface area contributed by atoms with Crippen LogP contribution in [0.4, 0.5) is 0 Å². The van der Waals surface area contributed by atoms with Crippen molar-refractivity contribution in [1.29, 1.82) is 0 Å². The third-order valence-electron chi connectivity index (χ3n) is 6.03. The van der Waals surface area contributed by atoms with Crippen LogP contribution in [0, 0.1) is 6.92 Å². The number of fused-ring (bicyclic) bond motifs is 1. The summed E-state index contributed by atoms with van der Waals surface area (Å²) >= 11 is 0. The van der Waals surface area contributed by atoms with E-state index >= 15 is 0 Å². The third-order valence-corrected chi connectivity index (χ3v) is 6.03. The van der Waals surface area contributed by atoms with E-state index in [2.05, 4.69) is 36.2 Å². The topological polar surface area (TPSA) is 135 Å². The minimum absolute atomic E-state index is 0.222. The number of aromatic amines is 1. The Balaban J connectivity index is 1.71. The van der Waals surface area contributed by atoms with Gasteiger partial charge in [-0.1, -0.05) is 31.2 Å². The molecule has 0 bridgehead atoms. The second kappa shape index (κ2) is 8.82. The van der Waals surface area contributed by atoms with Gasteiger partial charge in [0.2, 0.25) is 6.29 Å². The minimum Gasteiger partial charge on any atom is -0.454 e. The summed E-state index contributed by atoms with van der Waals surface area (Å²) in [6, 6.07) is 11.9. The van der Waals surface area contributed by atoms with Gasteiger partial charge in [0.05, 0.1) is 6.61 Å². The number of ether oxygens (including phenoxy) is 2. The first-order valence-corrected chi connectivity index (χ1v) is 10.7. The Labute approximate surface area is 185 Å². The van der Waals surface area contributed by atoms with Gasteiger partial charge in [0.15, 0.2) is 6.10 Å². The summed E-state index contributed by atoms with van der Waals surface area (Å²) in [7, 11) is 0. The van der Waals surface area contributed by atoms with Gasteiger partial charge in [0.25, 0.3) is 5.79 Å². The second-order valence-electron chi connectivity index (χ2n) is 8.35. The van der Waals surface area contributed by atoms with Gasteiger partial charge in [-0.05, 0) is 54.2 Å². The van der Waals surface area contributed by atoms with Crippen LogP contribution in [0.3, 0.4) is 0 Å². The molecule has 4 rings (SSSR count). The number of aryl methyl sites for hydroxylation is 2. The molecule has 5 atom stereocenters. The number of aliphatic hydroxyl groups excluding tert-OH is 4. The molecule has 0 aliphatic carbocycles. The Morgan fingerprint density at radius 1 is 1.09 bits per heavy atom. The first-order chi connectivity index (χ1) is 15.3. The van der Waals surface area contributed by atoms with Gasteiger partial charge in [-0.3, -0.25) is 0 Å². The van der Waals surface area contributed by atoms with Crippen LogP contribution in [0.1, 0.15) is 29.2 Å². The van der Waals surface area contributed by atoms with Crippen LogP contribution in [0.2, 0.25) is 0 Å². The Hall–Kier alpha value is -2.46. The zero-order valence-corrected chi connectivity index (χ0v) is 18.0. The summed E-state index contributed by atoms with van der Waals surface area (Å²) in [4.78, 5) is 3.21. The summed E-state index contributed by atoms with van der Waals surface area (Å²) in [5.74, 6) is -2.41. The largest absolute Gasteiger partial charge is 0.454 e. The van der Waals surface area contributed by atoms with Crippen molar-refractivity contribution in [1.82, 2.24) is 4.98 Å². The molecule has 0 amide bonds. The van der Waals surface area contributed by atoms with Crippen LogP contribution in [0.5, 0.6) is 5.75 Å². The van der Waals surface area contributed by atoms with Crippen molar-refractivity contribution in [3.05, 3.63) is 64.8 Å². The lowest BCUT2D eigenvalue weighted by Crippen LogP contribution is -2.69. The van der Waals surface area contributed by atoms with E-state index in [9.17, 15) is 25.5 Å². The summed E-state index contributed by atoms with van der Waals surface area (Å²) in [5, 5.41) is 52.0. The molecule has 2 heterocycles. The van der Waals surface area contributed by atoms with E-state index in [0.29, 0.717) is 11.8 Å². The summed E-state index contributed by atoms with van der Waals surface area (Å²) in [6.45, 7) is 3.31.